The first-order valence-electron chi connectivity index (χ1n) is 12.4. The van der Waals surface area contributed by atoms with Gasteiger partial charge in [0.15, 0.2) is 0 Å². The number of carbonyl (C=O) groups excluding carboxylic acids is 2. The quantitative estimate of drug-likeness (QED) is 0.294. The average molecular weight is 496 g/mol. The second-order valence-corrected chi connectivity index (χ2v) is 10.1. The number of hydrogen-bond acceptors (Lipinski definition) is 4. The van der Waals surface area contributed by atoms with Gasteiger partial charge in [0.2, 0.25) is 0 Å². The Morgan fingerprint density at radius 3 is 2.16 bits per heavy atom. The van der Waals surface area contributed by atoms with Gasteiger partial charge < -0.3 is 14.8 Å². The average Bonchev–Trinajstić information content (AvgIpc) is 2.91. The Hall–Kier alpha value is -4.12. The second-order valence-electron chi connectivity index (χ2n) is 10.1. The lowest BCUT2D eigenvalue weighted by Gasteiger charge is -2.20. The van der Waals surface area contributed by atoms with Gasteiger partial charge in [0, 0.05) is 11.8 Å². The number of nitrogens with one attached hydrogen (secondary N) is 1. The maximum absolute atomic E-state index is 13.5. The largest absolute Gasteiger partial charge is 0.487 e. The standard InChI is InChI=1S/C32H33NO4/c1-32(2,3)25-17-14-23(15-18-25)21-37-29-26-13-9-8-12-24(26)16-19-27(29)30(34)33-28(31(35)36-4)20-22-10-6-5-7-11-22/h5-19,28H,20-21H2,1-4H3,(H,33,34)/t28-/m0/s1. The topological polar surface area (TPSA) is 64.6 Å². The third-order valence-electron chi connectivity index (χ3n) is 6.40. The maximum Gasteiger partial charge on any atom is 0.328 e. The van der Waals surface area contributed by atoms with Crippen molar-refractivity contribution in [2.24, 2.45) is 0 Å². The van der Waals surface area contributed by atoms with Gasteiger partial charge in [-0.15, -0.1) is 0 Å². The molecule has 0 aliphatic rings. The van der Waals surface area contributed by atoms with Crippen LogP contribution in [0.2, 0.25) is 0 Å². The molecule has 4 rings (SSSR count). The number of amides is 1. The molecule has 0 aliphatic carbocycles. The first-order chi connectivity index (χ1) is 17.8. The van der Waals surface area contributed by atoms with E-state index in [-0.39, 0.29) is 5.41 Å². The molecule has 0 heterocycles. The first kappa shape index (κ1) is 26.0. The molecule has 37 heavy (non-hydrogen) atoms. The molecule has 4 aromatic carbocycles. The van der Waals surface area contributed by atoms with Gasteiger partial charge in [-0.05, 0) is 33.6 Å². The SMILES string of the molecule is COC(=O)[C@H](Cc1ccccc1)NC(=O)c1ccc2ccccc2c1OCc1ccc(C(C)(C)C)cc1. The van der Waals surface area contributed by atoms with Crippen LogP contribution in [0.1, 0.15) is 47.8 Å². The molecule has 190 valence electrons. The summed E-state index contributed by atoms with van der Waals surface area (Å²) in [5.74, 6) is -0.409. The van der Waals surface area contributed by atoms with E-state index in [0.29, 0.717) is 24.3 Å². The minimum absolute atomic E-state index is 0.0657. The molecule has 0 aromatic heterocycles. The number of carbonyl (C=O) groups is 2. The summed E-state index contributed by atoms with van der Waals surface area (Å²) in [5.41, 5.74) is 3.60. The summed E-state index contributed by atoms with van der Waals surface area (Å²) in [5, 5.41) is 4.66. The molecule has 1 amide bonds. The number of hydrogen-bond donors (Lipinski definition) is 1. The fourth-order valence-corrected chi connectivity index (χ4v) is 4.26. The van der Waals surface area contributed by atoms with Crippen LogP contribution >= 0.6 is 0 Å². The van der Waals surface area contributed by atoms with Gasteiger partial charge >= 0.3 is 5.97 Å². The Kier molecular flexibility index (Phi) is 7.92. The molecule has 0 fully saturated rings. The molecule has 0 unspecified atom stereocenters. The van der Waals surface area contributed by atoms with Crippen molar-refractivity contribution in [3.8, 4) is 5.75 Å². The van der Waals surface area contributed by atoms with Crippen LogP contribution in [0.15, 0.2) is 91.0 Å². The third kappa shape index (κ3) is 6.36. The Bertz CT molecular complexity index is 1370. The number of methoxy groups -OCH3 is 1. The lowest BCUT2D eigenvalue weighted by atomic mass is 9.87. The van der Waals surface area contributed by atoms with Crippen molar-refractivity contribution in [2.45, 2.75) is 45.3 Å². The Labute approximate surface area is 218 Å². The summed E-state index contributed by atoms with van der Waals surface area (Å²) >= 11 is 0. The monoisotopic (exact) mass is 495 g/mol. The lowest BCUT2D eigenvalue weighted by Crippen LogP contribution is -2.43. The number of ether oxygens (including phenoxy) is 2. The van der Waals surface area contributed by atoms with E-state index in [1.807, 2.05) is 60.7 Å². The molecule has 5 nitrogen and oxygen atoms in total. The van der Waals surface area contributed by atoms with E-state index in [9.17, 15) is 9.59 Å². The molecule has 1 atom stereocenters. The predicted molar refractivity (Wildman–Crippen MR) is 147 cm³/mol. The van der Waals surface area contributed by atoms with E-state index in [0.717, 1.165) is 21.9 Å². The van der Waals surface area contributed by atoms with E-state index in [4.69, 9.17) is 9.47 Å². The van der Waals surface area contributed by atoms with Crippen LogP contribution in [-0.4, -0.2) is 25.0 Å². The van der Waals surface area contributed by atoms with Crippen LogP contribution in [-0.2, 0) is 28.0 Å². The second kappa shape index (κ2) is 11.3. The fraction of sp³-hybridized carbons (Fsp3) is 0.250. The summed E-state index contributed by atoms with van der Waals surface area (Å²) < 4.78 is 11.3. The molecule has 4 aromatic rings. The Balaban J connectivity index is 1.61. The van der Waals surface area contributed by atoms with Crippen molar-refractivity contribution in [2.75, 3.05) is 7.11 Å². The zero-order valence-electron chi connectivity index (χ0n) is 21.8. The predicted octanol–water partition coefficient (Wildman–Crippen LogP) is 6.23. The van der Waals surface area contributed by atoms with Gasteiger partial charge in [-0.25, -0.2) is 4.79 Å². The van der Waals surface area contributed by atoms with Gasteiger partial charge in [0.25, 0.3) is 5.91 Å². The molecular weight excluding hydrogens is 462 g/mol. The minimum Gasteiger partial charge on any atom is -0.487 e. The molecule has 0 saturated carbocycles. The fourth-order valence-electron chi connectivity index (χ4n) is 4.26. The van der Waals surface area contributed by atoms with Crippen LogP contribution in [0, 0.1) is 0 Å². The van der Waals surface area contributed by atoms with Crippen molar-refractivity contribution in [3.05, 3.63) is 113 Å². The summed E-state index contributed by atoms with van der Waals surface area (Å²) in [6.07, 6.45) is 0.323. The van der Waals surface area contributed by atoms with Crippen molar-refractivity contribution >= 4 is 22.6 Å². The zero-order chi connectivity index (χ0) is 26.4. The first-order valence-corrected chi connectivity index (χ1v) is 12.4. The van der Waals surface area contributed by atoms with E-state index >= 15 is 0 Å². The number of fused-ring (bicyclic) bond motifs is 1. The maximum atomic E-state index is 13.5. The molecular formula is C32H33NO4. The number of rotatable bonds is 8. The third-order valence-corrected chi connectivity index (χ3v) is 6.40. The van der Waals surface area contributed by atoms with Gasteiger partial charge in [0.05, 0.1) is 12.7 Å². The van der Waals surface area contributed by atoms with E-state index in [1.54, 1.807) is 6.07 Å². The molecule has 0 aliphatic heterocycles. The smallest absolute Gasteiger partial charge is 0.328 e. The highest BCUT2D eigenvalue weighted by molar-refractivity contribution is 6.05. The van der Waals surface area contributed by atoms with E-state index in [1.165, 1.54) is 12.7 Å². The van der Waals surface area contributed by atoms with Crippen LogP contribution < -0.4 is 10.1 Å². The van der Waals surface area contributed by atoms with E-state index < -0.39 is 17.9 Å². The van der Waals surface area contributed by atoms with Crippen LogP contribution in [0.5, 0.6) is 5.75 Å². The van der Waals surface area contributed by atoms with Crippen LogP contribution in [0.4, 0.5) is 0 Å². The highest BCUT2D eigenvalue weighted by Crippen LogP contribution is 2.31. The lowest BCUT2D eigenvalue weighted by molar-refractivity contribution is -0.142. The van der Waals surface area contributed by atoms with Crippen LogP contribution in [0.3, 0.4) is 0 Å². The molecule has 0 saturated heterocycles. The Morgan fingerprint density at radius 1 is 0.811 bits per heavy atom. The summed E-state index contributed by atoms with van der Waals surface area (Å²) in [6.45, 7) is 6.85. The number of esters is 1. The van der Waals surface area contributed by atoms with Crippen LogP contribution in [0.25, 0.3) is 10.8 Å². The molecule has 5 heteroatoms. The summed E-state index contributed by atoms with van der Waals surface area (Å²) in [6, 6.07) is 28.4. The minimum atomic E-state index is -0.829. The summed E-state index contributed by atoms with van der Waals surface area (Å²) in [7, 11) is 1.32. The highest BCUT2D eigenvalue weighted by Gasteiger charge is 2.25. The van der Waals surface area contributed by atoms with Gasteiger partial charge in [-0.3, -0.25) is 4.79 Å². The summed E-state index contributed by atoms with van der Waals surface area (Å²) in [4.78, 5) is 26.0. The molecule has 0 radical (unpaired) electrons. The molecule has 0 spiro atoms. The van der Waals surface area contributed by atoms with Crippen molar-refractivity contribution < 1.29 is 19.1 Å². The zero-order valence-corrected chi connectivity index (χ0v) is 21.8. The molecule has 0 bridgehead atoms. The van der Waals surface area contributed by atoms with Gasteiger partial charge in [-0.1, -0.05) is 106 Å². The van der Waals surface area contributed by atoms with E-state index in [2.05, 4.69) is 50.4 Å². The molecule has 1 N–H and O–H groups in total. The van der Waals surface area contributed by atoms with Gasteiger partial charge in [-0.2, -0.15) is 0 Å². The van der Waals surface area contributed by atoms with Crippen molar-refractivity contribution in [3.63, 3.8) is 0 Å². The van der Waals surface area contributed by atoms with Gasteiger partial charge in [0.1, 0.15) is 18.4 Å². The normalized spacial score (nSPS) is 12.1. The van der Waals surface area contributed by atoms with Crippen molar-refractivity contribution in [1.29, 1.82) is 0 Å². The Morgan fingerprint density at radius 2 is 1.49 bits per heavy atom. The van der Waals surface area contributed by atoms with Crippen molar-refractivity contribution in [1.82, 2.24) is 5.32 Å². The number of benzene rings is 4. The highest BCUT2D eigenvalue weighted by atomic mass is 16.5.